The third kappa shape index (κ3) is 2.70. The minimum Gasteiger partial charge on any atom is -0.394 e. The van der Waals surface area contributed by atoms with Crippen LogP contribution < -0.4 is 20.7 Å². The van der Waals surface area contributed by atoms with E-state index in [9.17, 15) is 20.1 Å². The first-order valence-electron chi connectivity index (χ1n) is 8.71. The molecule has 25 heavy (non-hydrogen) atoms. The average Bonchev–Trinajstić information content (AvgIpc) is 3.15. The molecule has 10 nitrogen and oxygen atoms in total. The number of anilines is 2. The Bertz CT molecular complexity index is 679. The van der Waals surface area contributed by atoms with Gasteiger partial charge in [-0.1, -0.05) is 0 Å². The zero-order valence-corrected chi connectivity index (χ0v) is 13.8. The summed E-state index contributed by atoms with van der Waals surface area (Å²) in [5, 5.41) is 33.1. The summed E-state index contributed by atoms with van der Waals surface area (Å²) in [6.07, 6.45) is 0.152. The molecule has 0 radical (unpaired) electrons. The van der Waals surface area contributed by atoms with Crippen molar-refractivity contribution in [2.45, 2.75) is 50.1 Å². The quantitative estimate of drug-likeness (QED) is 0.334. The van der Waals surface area contributed by atoms with Gasteiger partial charge in [-0.3, -0.25) is 14.6 Å². The second-order valence-corrected chi connectivity index (χ2v) is 6.83. The number of aromatic nitrogens is 2. The fourth-order valence-corrected chi connectivity index (χ4v) is 4.00. The summed E-state index contributed by atoms with van der Waals surface area (Å²) in [5.74, 6) is 0.390. The molecule has 4 heterocycles. The fourth-order valence-electron chi connectivity index (χ4n) is 4.00. The van der Waals surface area contributed by atoms with Gasteiger partial charge in [0.05, 0.1) is 26.0 Å². The molecule has 2 saturated heterocycles. The SMILES string of the molecule is O=c1[nH]cnc2c1N[C@H]([NH+]1CCCCC1)N2[C@@H]1O[C@H](CO)[C@@H](O)[C@@H]1O. The van der Waals surface area contributed by atoms with Gasteiger partial charge in [-0.15, -0.1) is 0 Å². The van der Waals surface area contributed by atoms with Crippen LogP contribution >= 0.6 is 0 Å². The van der Waals surface area contributed by atoms with Crippen molar-refractivity contribution < 1.29 is 25.0 Å². The van der Waals surface area contributed by atoms with Gasteiger partial charge in [0, 0.05) is 0 Å². The largest absolute Gasteiger partial charge is 0.394 e. The van der Waals surface area contributed by atoms with Crippen LogP contribution in [0.2, 0.25) is 0 Å². The number of aliphatic hydroxyl groups is 3. The van der Waals surface area contributed by atoms with Crippen LogP contribution in [0, 0.1) is 0 Å². The summed E-state index contributed by atoms with van der Waals surface area (Å²) in [5.41, 5.74) is 0.0453. The van der Waals surface area contributed by atoms with Crippen LogP contribution in [0.25, 0.3) is 0 Å². The molecule has 1 aromatic rings. The van der Waals surface area contributed by atoms with E-state index in [2.05, 4.69) is 15.3 Å². The predicted molar refractivity (Wildman–Crippen MR) is 87.1 cm³/mol. The third-order valence-electron chi connectivity index (χ3n) is 5.31. The summed E-state index contributed by atoms with van der Waals surface area (Å²) in [6.45, 7) is 1.45. The highest BCUT2D eigenvalue weighted by Crippen LogP contribution is 2.34. The standard InChI is InChI=1S/C15H23N5O5/c21-6-8-10(22)11(23)14(25-8)20-12-9(13(24)17-7-16-12)18-15(20)19-4-2-1-3-5-19/h7-8,10-11,14-15,18,21-23H,1-6H2,(H,16,17,24)/p+1/t8-,10-,11+,14-,15-/m1/s1. The first-order chi connectivity index (χ1) is 12.1. The molecule has 0 aliphatic carbocycles. The van der Waals surface area contributed by atoms with Crippen LogP contribution in [-0.2, 0) is 4.74 Å². The number of aromatic amines is 1. The van der Waals surface area contributed by atoms with E-state index in [1.165, 1.54) is 17.6 Å². The minimum atomic E-state index is -1.21. The van der Waals surface area contributed by atoms with Crippen molar-refractivity contribution >= 4 is 11.5 Å². The van der Waals surface area contributed by atoms with Crippen LogP contribution in [0.5, 0.6) is 0 Å². The Hall–Kier alpha value is -1.72. The van der Waals surface area contributed by atoms with Crippen molar-refractivity contribution in [2.24, 2.45) is 0 Å². The zero-order chi connectivity index (χ0) is 17.6. The molecule has 2 fully saturated rings. The fraction of sp³-hybridized carbons (Fsp3) is 0.733. The van der Waals surface area contributed by atoms with Gasteiger partial charge in [-0.2, -0.15) is 0 Å². The van der Waals surface area contributed by atoms with Crippen LogP contribution in [0.1, 0.15) is 19.3 Å². The Morgan fingerprint density at radius 2 is 2.04 bits per heavy atom. The third-order valence-corrected chi connectivity index (χ3v) is 5.31. The molecule has 0 unspecified atom stereocenters. The topological polar surface area (TPSA) is 135 Å². The molecule has 0 bridgehead atoms. The molecule has 138 valence electrons. The number of likely N-dealkylation sites (tertiary alicyclic amines) is 1. The van der Waals surface area contributed by atoms with Gasteiger partial charge in [0.2, 0.25) is 6.29 Å². The molecule has 3 aliphatic heterocycles. The van der Waals surface area contributed by atoms with Crippen molar-refractivity contribution in [2.75, 3.05) is 29.9 Å². The molecule has 6 N–H and O–H groups in total. The summed E-state index contributed by atoms with van der Waals surface area (Å²) in [4.78, 5) is 21.9. The van der Waals surface area contributed by atoms with Gasteiger partial charge >= 0.3 is 0 Å². The lowest BCUT2D eigenvalue weighted by Crippen LogP contribution is -3.19. The number of piperidine rings is 1. The van der Waals surface area contributed by atoms with Crippen LogP contribution in [0.4, 0.5) is 11.5 Å². The Labute approximate surface area is 144 Å². The van der Waals surface area contributed by atoms with E-state index in [-0.39, 0.29) is 11.8 Å². The minimum absolute atomic E-state index is 0.291. The second-order valence-electron chi connectivity index (χ2n) is 6.83. The molecular formula is C15H24N5O5+. The van der Waals surface area contributed by atoms with E-state index in [0.29, 0.717) is 11.5 Å². The Kier molecular flexibility index (Phi) is 4.38. The Balaban J connectivity index is 1.71. The number of rotatable bonds is 3. The van der Waals surface area contributed by atoms with Crippen molar-refractivity contribution in [3.05, 3.63) is 16.7 Å². The van der Waals surface area contributed by atoms with Gasteiger partial charge in [0.1, 0.15) is 24.0 Å². The van der Waals surface area contributed by atoms with Crippen LogP contribution in [0.3, 0.4) is 0 Å². The van der Waals surface area contributed by atoms with E-state index >= 15 is 0 Å². The average molecular weight is 354 g/mol. The number of fused-ring (bicyclic) bond motifs is 1. The maximum Gasteiger partial charge on any atom is 0.276 e. The molecule has 0 amide bonds. The number of nitrogens with zero attached hydrogens (tertiary/aromatic N) is 2. The first kappa shape index (κ1) is 16.7. The lowest BCUT2D eigenvalue weighted by molar-refractivity contribution is -0.925. The Morgan fingerprint density at radius 3 is 2.72 bits per heavy atom. The van der Waals surface area contributed by atoms with E-state index in [1.54, 1.807) is 4.90 Å². The van der Waals surface area contributed by atoms with Crippen molar-refractivity contribution in [3.8, 4) is 0 Å². The van der Waals surface area contributed by atoms with Crippen molar-refractivity contribution in [1.29, 1.82) is 0 Å². The molecular weight excluding hydrogens is 330 g/mol. The molecule has 4 rings (SSSR count). The smallest absolute Gasteiger partial charge is 0.276 e. The predicted octanol–water partition coefficient (Wildman–Crippen LogP) is -3.21. The Morgan fingerprint density at radius 1 is 1.28 bits per heavy atom. The van der Waals surface area contributed by atoms with Gasteiger partial charge in [-0.25, -0.2) is 4.98 Å². The van der Waals surface area contributed by atoms with E-state index in [0.717, 1.165) is 25.9 Å². The number of quaternary nitrogens is 1. The molecule has 10 heteroatoms. The number of hydrogen-bond donors (Lipinski definition) is 6. The summed E-state index contributed by atoms with van der Waals surface area (Å²) in [6, 6.07) is 0. The van der Waals surface area contributed by atoms with Crippen molar-refractivity contribution in [1.82, 2.24) is 9.97 Å². The summed E-state index contributed by atoms with van der Waals surface area (Å²) < 4.78 is 5.71. The molecule has 3 aliphatic rings. The first-order valence-corrected chi connectivity index (χ1v) is 8.71. The summed E-state index contributed by atoms with van der Waals surface area (Å²) in [7, 11) is 0. The van der Waals surface area contributed by atoms with Crippen LogP contribution in [-0.4, -0.2) is 75.8 Å². The lowest BCUT2D eigenvalue weighted by atomic mass is 10.1. The maximum absolute atomic E-state index is 12.2. The number of nitrogens with one attached hydrogen (secondary N) is 3. The molecule has 0 spiro atoms. The molecule has 0 saturated carbocycles. The summed E-state index contributed by atoms with van der Waals surface area (Å²) >= 11 is 0. The van der Waals surface area contributed by atoms with Gasteiger partial charge in [-0.05, 0) is 19.3 Å². The molecule has 0 aromatic carbocycles. The van der Waals surface area contributed by atoms with Gasteiger partial charge in [0.15, 0.2) is 12.0 Å². The van der Waals surface area contributed by atoms with Crippen LogP contribution in [0.15, 0.2) is 11.1 Å². The lowest BCUT2D eigenvalue weighted by Gasteiger charge is -2.37. The van der Waals surface area contributed by atoms with Gasteiger partial charge in [0.25, 0.3) is 5.56 Å². The maximum atomic E-state index is 12.2. The molecule has 5 atom stereocenters. The van der Waals surface area contributed by atoms with Gasteiger partial charge < -0.3 is 30.4 Å². The zero-order valence-electron chi connectivity index (χ0n) is 13.8. The monoisotopic (exact) mass is 354 g/mol. The number of aliphatic hydroxyl groups excluding tert-OH is 3. The van der Waals surface area contributed by atoms with E-state index < -0.39 is 31.1 Å². The normalized spacial score (nSPS) is 35.6. The highest BCUT2D eigenvalue weighted by Gasteiger charge is 2.52. The number of H-pyrrole nitrogens is 1. The van der Waals surface area contributed by atoms with E-state index in [1.807, 2.05) is 0 Å². The number of ether oxygens (including phenoxy) is 1. The molecule has 1 aromatic heterocycles. The van der Waals surface area contributed by atoms with E-state index in [4.69, 9.17) is 4.74 Å². The second kappa shape index (κ2) is 6.54. The van der Waals surface area contributed by atoms with Crippen molar-refractivity contribution in [3.63, 3.8) is 0 Å². The highest BCUT2D eigenvalue weighted by molar-refractivity contribution is 5.70. The number of hydrogen-bond acceptors (Lipinski definition) is 8. The highest BCUT2D eigenvalue weighted by atomic mass is 16.6.